The van der Waals surface area contributed by atoms with Gasteiger partial charge in [-0.25, -0.2) is 18.5 Å². The van der Waals surface area contributed by atoms with Gasteiger partial charge in [0.05, 0.1) is 23.8 Å². The lowest BCUT2D eigenvalue weighted by Crippen LogP contribution is -2.32. The lowest BCUT2D eigenvalue weighted by molar-refractivity contribution is -0.648. The summed E-state index contributed by atoms with van der Waals surface area (Å²) in [5.41, 5.74) is 3.71. The number of fused-ring (bicyclic) bond motifs is 7. The molecule has 0 saturated heterocycles. The summed E-state index contributed by atoms with van der Waals surface area (Å²) in [4.78, 5) is 8.94. The van der Waals surface area contributed by atoms with E-state index >= 15 is 0 Å². The summed E-state index contributed by atoms with van der Waals surface area (Å²) < 4.78 is 29.1. The summed E-state index contributed by atoms with van der Waals surface area (Å²) in [5, 5.41) is 0. The molecule has 0 spiro atoms. The Labute approximate surface area is 119 Å². The largest absolute Gasteiger partial charge is 0.295 e. The molecule has 5 heteroatoms. The minimum Gasteiger partial charge on any atom is -0.249 e. The molecule has 0 bridgehead atoms. The third-order valence-electron chi connectivity index (χ3n) is 3.85. The van der Waals surface area contributed by atoms with Crippen molar-refractivity contribution in [1.29, 1.82) is 0 Å². The Balaban J connectivity index is 2.01. The van der Waals surface area contributed by atoms with Gasteiger partial charge in [0.25, 0.3) is 17.1 Å². The number of imidazole rings is 2. The van der Waals surface area contributed by atoms with Gasteiger partial charge in [-0.2, -0.15) is 4.98 Å². The van der Waals surface area contributed by atoms with Crippen LogP contribution in [0, 0.1) is 0 Å². The molecular formula is C15H12N5+. The number of hydrogen-bond donors (Lipinski definition) is 0. The van der Waals surface area contributed by atoms with Gasteiger partial charge in [0, 0.05) is 11.8 Å². The average molecular weight is 265 g/mol. The Morgan fingerprint density at radius 2 is 2.30 bits per heavy atom. The molecule has 5 heterocycles. The highest BCUT2D eigenvalue weighted by Gasteiger charge is 2.34. The quantitative estimate of drug-likeness (QED) is 0.398. The van der Waals surface area contributed by atoms with E-state index < -0.39 is 6.98 Å². The summed E-state index contributed by atoms with van der Waals surface area (Å²) in [6.07, 6.45) is 3.59. The van der Waals surface area contributed by atoms with E-state index in [0.717, 1.165) is 16.9 Å². The third-order valence-corrected chi connectivity index (χ3v) is 3.85. The smallest absolute Gasteiger partial charge is 0.249 e. The molecule has 96 valence electrons. The molecular weight excluding hydrogens is 250 g/mol. The number of nitrogens with zero attached hydrogens (tertiary/aromatic N) is 5. The van der Waals surface area contributed by atoms with Gasteiger partial charge in [-0.1, -0.05) is 12.1 Å². The molecule has 0 N–H and O–H groups in total. The number of aromatic nitrogens is 5. The predicted molar refractivity (Wildman–Crippen MR) is 74.2 cm³/mol. The van der Waals surface area contributed by atoms with Crippen molar-refractivity contribution in [3.63, 3.8) is 0 Å². The number of rotatable bonds is 0. The molecule has 1 aliphatic rings. The van der Waals surface area contributed by atoms with Crippen LogP contribution in [-0.4, -0.2) is 18.9 Å². The zero-order chi connectivity index (χ0) is 15.8. The van der Waals surface area contributed by atoms with Gasteiger partial charge in [-0.3, -0.25) is 0 Å². The number of hydrogen-bond acceptors (Lipinski definition) is 2. The van der Waals surface area contributed by atoms with E-state index in [1.807, 2.05) is 45.5 Å². The summed E-state index contributed by atoms with van der Waals surface area (Å²) in [6, 6.07) is 9.53. The van der Waals surface area contributed by atoms with Crippen LogP contribution in [0.2, 0.25) is 0 Å². The summed E-state index contributed by atoms with van der Waals surface area (Å²) in [7, 11) is 0. The molecule has 0 saturated carbocycles. The Bertz CT molecular complexity index is 1090. The molecule has 0 radical (unpaired) electrons. The highest BCUT2D eigenvalue weighted by molar-refractivity contribution is 5.75. The molecule has 5 nitrogen and oxygen atoms in total. The van der Waals surface area contributed by atoms with Gasteiger partial charge < -0.3 is 0 Å². The van der Waals surface area contributed by atoms with Gasteiger partial charge in [0.1, 0.15) is 5.69 Å². The Morgan fingerprint density at radius 1 is 1.30 bits per heavy atom. The maximum atomic E-state index is 7.96. The average Bonchev–Trinajstić information content (AvgIpc) is 3.12. The van der Waals surface area contributed by atoms with Gasteiger partial charge in [0.2, 0.25) is 0 Å². The number of aryl methyl sites for hydroxylation is 1. The second-order valence-corrected chi connectivity index (χ2v) is 4.94. The van der Waals surface area contributed by atoms with Gasteiger partial charge in [-0.15, -0.1) is 0 Å². The van der Waals surface area contributed by atoms with Crippen molar-refractivity contribution >= 4 is 16.9 Å². The molecule has 4 aromatic heterocycles. The highest BCUT2D eigenvalue weighted by atomic mass is 15.3. The fourth-order valence-corrected chi connectivity index (χ4v) is 3.01. The molecule has 0 aliphatic carbocycles. The van der Waals surface area contributed by atoms with Crippen molar-refractivity contribution < 1.29 is 8.68 Å². The van der Waals surface area contributed by atoms with Crippen LogP contribution < -0.4 is 4.57 Å². The normalized spacial score (nSPS) is 15.9. The standard InChI is InChI=1S/C15H12N5/c1-18-13-15(19-8-3-2-6-11(19)17-13)20-9-10-5-4-7-16-12(10)14(18)20/h2-8H,9H2,1H3/q+1/i1D3. The second-order valence-electron chi connectivity index (χ2n) is 4.94. The molecule has 4 aromatic rings. The van der Waals surface area contributed by atoms with Crippen molar-refractivity contribution in [1.82, 2.24) is 18.9 Å². The summed E-state index contributed by atoms with van der Waals surface area (Å²) >= 11 is 0. The molecule has 1 aliphatic heterocycles. The Hall–Kier alpha value is -2.69. The van der Waals surface area contributed by atoms with Crippen molar-refractivity contribution in [2.45, 2.75) is 6.54 Å². The Morgan fingerprint density at radius 3 is 3.25 bits per heavy atom. The molecule has 0 atom stereocenters. The van der Waals surface area contributed by atoms with Crippen LogP contribution >= 0.6 is 0 Å². The molecule has 20 heavy (non-hydrogen) atoms. The molecule has 0 fully saturated rings. The lowest BCUT2D eigenvalue weighted by Gasteiger charge is -1.94. The highest BCUT2D eigenvalue weighted by Crippen LogP contribution is 2.28. The second kappa shape index (κ2) is 3.25. The van der Waals surface area contributed by atoms with Crippen LogP contribution in [0.15, 0.2) is 42.7 Å². The van der Waals surface area contributed by atoms with Crippen LogP contribution in [0.1, 0.15) is 9.68 Å². The first-order valence-corrected chi connectivity index (χ1v) is 6.42. The van der Waals surface area contributed by atoms with Gasteiger partial charge >= 0.3 is 0 Å². The monoisotopic (exact) mass is 265 g/mol. The van der Waals surface area contributed by atoms with Crippen LogP contribution in [-0.2, 0) is 13.5 Å². The van der Waals surface area contributed by atoms with Crippen LogP contribution in [0.25, 0.3) is 28.5 Å². The first kappa shape index (κ1) is 7.79. The van der Waals surface area contributed by atoms with Crippen molar-refractivity contribution in [2.75, 3.05) is 0 Å². The SMILES string of the molecule is [2H]C([2H])([2H])n1c2[n+](c3c1nc1ccccn13)Cc1cccnc1-2. The zero-order valence-corrected chi connectivity index (χ0v) is 10.5. The minimum atomic E-state index is -2.32. The minimum absolute atomic E-state index is 0.461. The van der Waals surface area contributed by atoms with Gasteiger partial charge in [0.15, 0.2) is 5.65 Å². The predicted octanol–water partition coefficient (Wildman–Crippen LogP) is 1.54. The topological polar surface area (TPSA) is 39.0 Å². The summed E-state index contributed by atoms with van der Waals surface area (Å²) in [6.45, 7) is -1.73. The first-order chi connectivity index (χ1) is 11.1. The van der Waals surface area contributed by atoms with Crippen LogP contribution in [0.3, 0.4) is 0 Å². The third kappa shape index (κ3) is 1.02. The Kier molecular flexibility index (Phi) is 1.27. The van der Waals surface area contributed by atoms with E-state index in [4.69, 9.17) is 4.11 Å². The molecule has 0 amide bonds. The molecule has 5 rings (SSSR count). The van der Waals surface area contributed by atoms with E-state index in [1.54, 1.807) is 6.20 Å². The maximum Gasteiger partial charge on any atom is 0.295 e. The summed E-state index contributed by atoms with van der Waals surface area (Å²) in [5.74, 6) is 0.594. The first-order valence-electron chi connectivity index (χ1n) is 7.92. The van der Waals surface area contributed by atoms with Crippen LogP contribution in [0.4, 0.5) is 0 Å². The maximum absolute atomic E-state index is 7.96. The van der Waals surface area contributed by atoms with E-state index in [-0.39, 0.29) is 0 Å². The molecule has 0 aromatic carbocycles. The zero-order valence-electron chi connectivity index (χ0n) is 13.5. The van der Waals surface area contributed by atoms with E-state index in [9.17, 15) is 0 Å². The van der Waals surface area contributed by atoms with Crippen molar-refractivity contribution in [3.8, 4) is 11.5 Å². The van der Waals surface area contributed by atoms with E-state index in [0.29, 0.717) is 23.7 Å². The number of pyridine rings is 2. The van der Waals surface area contributed by atoms with E-state index in [1.165, 1.54) is 4.57 Å². The van der Waals surface area contributed by atoms with Crippen molar-refractivity contribution in [3.05, 3.63) is 48.3 Å². The molecule has 0 unspecified atom stereocenters. The van der Waals surface area contributed by atoms with Gasteiger partial charge in [-0.05, 0) is 18.2 Å². The van der Waals surface area contributed by atoms with Crippen LogP contribution in [0.5, 0.6) is 0 Å². The van der Waals surface area contributed by atoms with Crippen molar-refractivity contribution in [2.24, 2.45) is 6.98 Å². The lowest BCUT2D eigenvalue weighted by atomic mass is 10.2. The fraction of sp³-hybridized carbons (Fsp3) is 0.133. The fourth-order valence-electron chi connectivity index (χ4n) is 3.01. The van der Waals surface area contributed by atoms with E-state index in [2.05, 4.69) is 9.97 Å².